The average molecular weight is 168 g/mol. The van der Waals surface area contributed by atoms with Crippen molar-refractivity contribution in [2.45, 2.75) is 33.6 Å². The Morgan fingerprint density at radius 3 is 2.67 bits per heavy atom. The monoisotopic (exact) mass is 168 g/mol. The number of allylic oxidation sites excluding steroid dienone is 1. The van der Waals surface area contributed by atoms with Crippen LogP contribution in [0.5, 0.6) is 0 Å². The summed E-state index contributed by atoms with van der Waals surface area (Å²) in [6.45, 7) is 5.98. The van der Waals surface area contributed by atoms with Gasteiger partial charge in [0.2, 0.25) is 0 Å². The number of carbonyl (C=O) groups excluding carboxylic acids is 1. The molecule has 0 bridgehead atoms. The van der Waals surface area contributed by atoms with Crippen molar-refractivity contribution < 1.29 is 9.90 Å². The molecule has 0 aliphatic heterocycles. The third kappa shape index (κ3) is 1.26. The molecule has 12 heavy (non-hydrogen) atoms. The van der Waals surface area contributed by atoms with E-state index in [1.165, 1.54) is 0 Å². The molecule has 1 atom stereocenters. The Hall–Kier alpha value is -0.790. The molecule has 0 aromatic carbocycles. The van der Waals surface area contributed by atoms with Crippen LogP contribution in [-0.4, -0.2) is 10.9 Å². The predicted octanol–water partition coefficient (Wildman–Crippen LogP) is 2.45. The number of rotatable bonds is 0. The molecule has 0 aromatic rings. The fourth-order valence-electron chi connectivity index (χ4n) is 1.61. The standard InChI is InChI=1S/C10H16O2/c1-7-4-5-8(6-11)9(12)10(7,2)3/h6-7,11H,4-5H2,1-3H3/t7-/m0/s1. The van der Waals surface area contributed by atoms with E-state index in [1.807, 2.05) is 13.8 Å². The van der Waals surface area contributed by atoms with Crippen LogP contribution < -0.4 is 0 Å². The highest BCUT2D eigenvalue weighted by Gasteiger charge is 2.39. The minimum atomic E-state index is -0.299. The second-order valence-electron chi connectivity index (χ2n) is 4.14. The molecule has 0 amide bonds. The minimum Gasteiger partial charge on any atom is -0.515 e. The van der Waals surface area contributed by atoms with Crippen LogP contribution in [0, 0.1) is 11.3 Å². The smallest absolute Gasteiger partial charge is 0.167 e. The molecule has 1 aliphatic carbocycles. The Labute approximate surface area is 73.3 Å². The van der Waals surface area contributed by atoms with Gasteiger partial charge in [0, 0.05) is 11.0 Å². The zero-order chi connectivity index (χ0) is 9.35. The zero-order valence-corrected chi connectivity index (χ0v) is 7.92. The summed E-state index contributed by atoms with van der Waals surface area (Å²) in [6, 6.07) is 0. The molecule has 0 radical (unpaired) electrons. The lowest BCUT2D eigenvalue weighted by molar-refractivity contribution is -0.127. The quantitative estimate of drug-likeness (QED) is 0.445. The molecular formula is C10H16O2. The summed E-state index contributed by atoms with van der Waals surface area (Å²) in [5, 5.41) is 8.80. The molecule has 0 spiro atoms. The molecule has 1 rings (SSSR count). The highest BCUT2D eigenvalue weighted by molar-refractivity contribution is 6.00. The van der Waals surface area contributed by atoms with Crippen LogP contribution in [0.15, 0.2) is 11.8 Å². The van der Waals surface area contributed by atoms with Gasteiger partial charge in [-0.05, 0) is 18.8 Å². The summed E-state index contributed by atoms with van der Waals surface area (Å²) in [7, 11) is 0. The number of hydrogen-bond acceptors (Lipinski definition) is 2. The Morgan fingerprint density at radius 2 is 2.17 bits per heavy atom. The van der Waals surface area contributed by atoms with Gasteiger partial charge in [-0.2, -0.15) is 0 Å². The lowest BCUT2D eigenvalue weighted by Gasteiger charge is -2.35. The zero-order valence-electron chi connectivity index (χ0n) is 7.92. The highest BCUT2D eigenvalue weighted by Crippen LogP contribution is 2.39. The van der Waals surface area contributed by atoms with Gasteiger partial charge < -0.3 is 5.11 Å². The SMILES string of the molecule is C[C@H]1CCC(=CO)C(=O)C1(C)C. The van der Waals surface area contributed by atoms with E-state index in [0.29, 0.717) is 11.5 Å². The van der Waals surface area contributed by atoms with Crippen molar-refractivity contribution in [3.8, 4) is 0 Å². The molecule has 1 aliphatic rings. The Morgan fingerprint density at radius 1 is 1.58 bits per heavy atom. The maximum Gasteiger partial charge on any atom is 0.167 e. The van der Waals surface area contributed by atoms with E-state index in [4.69, 9.17) is 5.11 Å². The van der Waals surface area contributed by atoms with Crippen LogP contribution >= 0.6 is 0 Å². The molecule has 68 valence electrons. The van der Waals surface area contributed by atoms with Crippen LogP contribution in [0.1, 0.15) is 33.6 Å². The second kappa shape index (κ2) is 2.92. The summed E-state index contributed by atoms with van der Waals surface area (Å²) in [6.07, 6.45) is 2.68. The fourth-order valence-corrected chi connectivity index (χ4v) is 1.61. The number of Topliss-reactive ketones (excluding diaryl/α,β-unsaturated/α-hetero) is 1. The Balaban J connectivity index is 2.93. The third-order valence-electron chi connectivity index (χ3n) is 3.11. The number of aliphatic hydroxyl groups excluding tert-OH is 1. The van der Waals surface area contributed by atoms with E-state index in [0.717, 1.165) is 19.1 Å². The molecule has 1 saturated carbocycles. The van der Waals surface area contributed by atoms with Gasteiger partial charge in [0.1, 0.15) is 0 Å². The van der Waals surface area contributed by atoms with Crippen LogP contribution in [0.4, 0.5) is 0 Å². The van der Waals surface area contributed by atoms with Crippen molar-refractivity contribution in [2.75, 3.05) is 0 Å². The van der Waals surface area contributed by atoms with Gasteiger partial charge in [-0.1, -0.05) is 20.8 Å². The van der Waals surface area contributed by atoms with Gasteiger partial charge in [0.25, 0.3) is 0 Å². The average Bonchev–Trinajstić information content (AvgIpc) is 2.02. The Kier molecular flexibility index (Phi) is 2.27. The van der Waals surface area contributed by atoms with Gasteiger partial charge in [0.05, 0.1) is 6.26 Å². The topological polar surface area (TPSA) is 37.3 Å². The van der Waals surface area contributed by atoms with Crippen molar-refractivity contribution in [1.82, 2.24) is 0 Å². The molecule has 2 heteroatoms. The first kappa shape index (κ1) is 9.30. The summed E-state index contributed by atoms with van der Waals surface area (Å²) < 4.78 is 0. The second-order valence-corrected chi connectivity index (χ2v) is 4.14. The van der Waals surface area contributed by atoms with E-state index in [2.05, 4.69) is 6.92 Å². The number of carbonyl (C=O) groups is 1. The summed E-state index contributed by atoms with van der Waals surface area (Å²) in [5.74, 6) is 0.512. The summed E-state index contributed by atoms with van der Waals surface area (Å²) in [4.78, 5) is 11.7. The molecule has 0 saturated heterocycles. The van der Waals surface area contributed by atoms with Gasteiger partial charge in [-0.3, -0.25) is 4.79 Å². The first-order valence-electron chi connectivity index (χ1n) is 4.38. The van der Waals surface area contributed by atoms with Crippen LogP contribution in [-0.2, 0) is 4.79 Å². The first-order valence-corrected chi connectivity index (χ1v) is 4.38. The molecule has 1 N–H and O–H groups in total. The van der Waals surface area contributed by atoms with Gasteiger partial charge in [-0.25, -0.2) is 0 Å². The fraction of sp³-hybridized carbons (Fsp3) is 0.700. The van der Waals surface area contributed by atoms with Crippen molar-refractivity contribution in [1.29, 1.82) is 0 Å². The van der Waals surface area contributed by atoms with Crippen LogP contribution in [0.3, 0.4) is 0 Å². The van der Waals surface area contributed by atoms with Crippen LogP contribution in [0.2, 0.25) is 0 Å². The van der Waals surface area contributed by atoms with E-state index in [1.54, 1.807) is 0 Å². The minimum absolute atomic E-state index is 0.101. The first-order chi connectivity index (χ1) is 5.50. The molecule has 0 unspecified atom stereocenters. The largest absolute Gasteiger partial charge is 0.515 e. The molecular weight excluding hydrogens is 152 g/mol. The Bertz CT molecular complexity index is 226. The molecule has 0 aromatic heterocycles. The number of aliphatic hydroxyl groups is 1. The molecule has 1 fully saturated rings. The van der Waals surface area contributed by atoms with E-state index in [-0.39, 0.29) is 11.2 Å². The maximum absolute atomic E-state index is 11.7. The van der Waals surface area contributed by atoms with E-state index in [9.17, 15) is 4.79 Å². The molecule has 2 nitrogen and oxygen atoms in total. The van der Waals surface area contributed by atoms with Gasteiger partial charge in [-0.15, -0.1) is 0 Å². The maximum atomic E-state index is 11.7. The van der Waals surface area contributed by atoms with E-state index >= 15 is 0 Å². The van der Waals surface area contributed by atoms with Crippen molar-refractivity contribution in [3.63, 3.8) is 0 Å². The van der Waals surface area contributed by atoms with Crippen LogP contribution in [0.25, 0.3) is 0 Å². The normalized spacial score (nSPS) is 32.4. The van der Waals surface area contributed by atoms with Crippen molar-refractivity contribution >= 4 is 5.78 Å². The van der Waals surface area contributed by atoms with Gasteiger partial charge in [0.15, 0.2) is 5.78 Å². The highest BCUT2D eigenvalue weighted by atomic mass is 16.2. The predicted molar refractivity (Wildman–Crippen MR) is 47.9 cm³/mol. The van der Waals surface area contributed by atoms with Crippen molar-refractivity contribution in [2.24, 2.45) is 11.3 Å². The lowest BCUT2D eigenvalue weighted by atomic mass is 9.67. The number of hydrogen-bond donors (Lipinski definition) is 1. The third-order valence-corrected chi connectivity index (χ3v) is 3.11. The van der Waals surface area contributed by atoms with Crippen molar-refractivity contribution in [3.05, 3.63) is 11.8 Å². The summed E-state index contributed by atoms with van der Waals surface area (Å²) in [5.41, 5.74) is 0.283. The molecule has 0 heterocycles. The lowest BCUT2D eigenvalue weighted by Crippen LogP contribution is -2.36. The number of ketones is 1. The van der Waals surface area contributed by atoms with E-state index < -0.39 is 0 Å². The summed E-state index contributed by atoms with van der Waals surface area (Å²) >= 11 is 0. The van der Waals surface area contributed by atoms with Gasteiger partial charge >= 0.3 is 0 Å².